The Balaban J connectivity index is 1.44. The number of fused-ring (bicyclic) bond motifs is 1. The van der Waals surface area contributed by atoms with Gasteiger partial charge in [-0.25, -0.2) is 4.98 Å². The summed E-state index contributed by atoms with van der Waals surface area (Å²) >= 11 is 1.69. The van der Waals surface area contributed by atoms with E-state index in [0.717, 1.165) is 48.0 Å². The molecule has 1 aliphatic rings. The van der Waals surface area contributed by atoms with Crippen molar-refractivity contribution >= 4 is 11.3 Å². The fraction of sp³-hybridized carbons (Fsp3) is 0.333. The van der Waals surface area contributed by atoms with E-state index in [0.29, 0.717) is 0 Å². The van der Waals surface area contributed by atoms with E-state index in [1.807, 2.05) is 24.4 Å². The molecule has 5 nitrogen and oxygen atoms in total. The van der Waals surface area contributed by atoms with Gasteiger partial charge in [0, 0.05) is 48.9 Å². The number of H-pyrrole nitrogens is 1. The summed E-state index contributed by atoms with van der Waals surface area (Å²) in [6, 6.07) is 8.11. The molecule has 0 saturated heterocycles. The molecule has 0 spiro atoms. The third-order valence-electron chi connectivity index (χ3n) is 4.38. The maximum atomic E-state index is 9.73. The quantitative estimate of drug-likeness (QED) is 0.687. The normalized spacial score (nSPS) is 14.5. The number of rotatable bonds is 3. The summed E-state index contributed by atoms with van der Waals surface area (Å²) in [5, 5.41) is 9.73. The first-order valence-electron chi connectivity index (χ1n) is 9.01. The number of aromatic nitrogens is 3. The van der Waals surface area contributed by atoms with Crippen molar-refractivity contribution in [1.82, 2.24) is 19.9 Å². The number of aliphatic hydroxyl groups is 1. The Hall–Kier alpha value is -2.46. The number of nitrogens with one attached hydrogen (secondary N) is 1. The highest BCUT2D eigenvalue weighted by atomic mass is 32.1. The number of thiophene rings is 1. The maximum Gasteiger partial charge on any atom is 0.139 e. The molecule has 2 N–H and O–H groups in total. The zero-order valence-electron chi connectivity index (χ0n) is 15.5. The SMILES string of the molecule is CC(C)(O)C#Cc1ccc(CN2CCc3nc(-c4cccnc4)[nH]c3C2)s1. The highest BCUT2D eigenvalue weighted by Crippen LogP contribution is 2.25. The van der Waals surface area contributed by atoms with Gasteiger partial charge in [0.15, 0.2) is 0 Å². The van der Waals surface area contributed by atoms with Crippen LogP contribution in [-0.4, -0.2) is 37.1 Å². The predicted molar refractivity (Wildman–Crippen MR) is 107 cm³/mol. The van der Waals surface area contributed by atoms with Crippen molar-refractivity contribution in [2.45, 2.75) is 39.0 Å². The molecule has 1 aliphatic heterocycles. The van der Waals surface area contributed by atoms with Gasteiger partial charge in [-0.05, 0) is 38.1 Å². The van der Waals surface area contributed by atoms with Gasteiger partial charge in [-0.2, -0.15) is 0 Å². The Labute approximate surface area is 163 Å². The zero-order chi connectivity index (χ0) is 18.9. The van der Waals surface area contributed by atoms with Gasteiger partial charge in [-0.1, -0.05) is 11.8 Å². The highest BCUT2D eigenvalue weighted by Gasteiger charge is 2.21. The van der Waals surface area contributed by atoms with Gasteiger partial charge in [0.05, 0.1) is 16.3 Å². The van der Waals surface area contributed by atoms with Crippen LogP contribution in [0.25, 0.3) is 11.4 Å². The lowest BCUT2D eigenvalue weighted by molar-refractivity contribution is 0.143. The number of aromatic amines is 1. The van der Waals surface area contributed by atoms with Gasteiger partial charge in [0.1, 0.15) is 11.4 Å². The van der Waals surface area contributed by atoms with Crippen LogP contribution in [0.1, 0.15) is 35.0 Å². The van der Waals surface area contributed by atoms with Crippen LogP contribution >= 0.6 is 11.3 Å². The van der Waals surface area contributed by atoms with Crippen LogP contribution in [0.4, 0.5) is 0 Å². The molecule has 0 fully saturated rings. The molecule has 0 saturated carbocycles. The third-order valence-corrected chi connectivity index (χ3v) is 5.36. The topological polar surface area (TPSA) is 65.0 Å². The first-order valence-corrected chi connectivity index (χ1v) is 9.83. The first kappa shape index (κ1) is 17.9. The van der Waals surface area contributed by atoms with Crippen molar-refractivity contribution in [2.24, 2.45) is 0 Å². The lowest BCUT2D eigenvalue weighted by atomic mass is 10.1. The molecule has 0 atom stereocenters. The number of nitrogens with zero attached hydrogens (tertiary/aromatic N) is 3. The first-order chi connectivity index (χ1) is 13.0. The molecular weight excluding hydrogens is 356 g/mol. The average molecular weight is 379 g/mol. The molecule has 0 aromatic carbocycles. The van der Waals surface area contributed by atoms with Crippen LogP contribution in [0.5, 0.6) is 0 Å². The van der Waals surface area contributed by atoms with E-state index in [-0.39, 0.29) is 0 Å². The van der Waals surface area contributed by atoms with Crippen molar-refractivity contribution in [1.29, 1.82) is 0 Å². The minimum atomic E-state index is -0.958. The molecule has 0 unspecified atom stereocenters. The molecule has 0 radical (unpaired) electrons. The summed E-state index contributed by atoms with van der Waals surface area (Å²) in [7, 11) is 0. The van der Waals surface area contributed by atoms with E-state index in [4.69, 9.17) is 4.98 Å². The fourth-order valence-corrected chi connectivity index (χ4v) is 3.99. The Kier molecular flexibility index (Phi) is 4.83. The fourth-order valence-electron chi connectivity index (χ4n) is 3.09. The predicted octanol–water partition coefficient (Wildman–Crippen LogP) is 3.21. The van der Waals surface area contributed by atoms with E-state index in [2.05, 4.69) is 32.8 Å². The largest absolute Gasteiger partial charge is 0.378 e. The Morgan fingerprint density at radius 2 is 2.22 bits per heavy atom. The monoisotopic (exact) mass is 378 g/mol. The van der Waals surface area contributed by atoms with Gasteiger partial charge in [-0.3, -0.25) is 9.88 Å². The molecular formula is C21H22N4OS. The molecule has 3 aromatic rings. The standard InChI is InChI=1S/C21H22N4OS/c1-21(2,26)9-7-16-5-6-17(27-16)13-25-11-8-18-19(14-25)24-20(23-18)15-4-3-10-22-12-15/h3-6,10,12,26H,8,11,13-14H2,1-2H3,(H,23,24). The summed E-state index contributed by atoms with van der Waals surface area (Å²) in [5.74, 6) is 6.83. The van der Waals surface area contributed by atoms with Gasteiger partial charge in [0.25, 0.3) is 0 Å². The van der Waals surface area contributed by atoms with Crippen LogP contribution in [0.2, 0.25) is 0 Å². The molecule has 4 rings (SSSR count). The molecule has 6 heteroatoms. The maximum absolute atomic E-state index is 9.73. The number of hydrogen-bond donors (Lipinski definition) is 2. The second kappa shape index (κ2) is 7.28. The molecule has 0 bridgehead atoms. The van der Waals surface area contributed by atoms with Crippen LogP contribution in [0.15, 0.2) is 36.7 Å². The summed E-state index contributed by atoms with van der Waals surface area (Å²) < 4.78 is 0. The van der Waals surface area contributed by atoms with Gasteiger partial charge >= 0.3 is 0 Å². The molecule has 0 amide bonds. The van der Waals surface area contributed by atoms with E-state index in [9.17, 15) is 5.11 Å². The number of hydrogen-bond acceptors (Lipinski definition) is 5. The smallest absolute Gasteiger partial charge is 0.139 e. The minimum Gasteiger partial charge on any atom is -0.378 e. The van der Waals surface area contributed by atoms with Gasteiger partial charge in [0.2, 0.25) is 0 Å². The van der Waals surface area contributed by atoms with Crippen LogP contribution in [0.3, 0.4) is 0 Å². The summed E-state index contributed by atoms with van der Waals surface area (Å²) in [6.45, 7) is 6.15. The van der Waals surface area contributed by atoms with E-state index >= 15 is 0 Å². The van der Waals surface area contributed by atoms with E-state index in [1.165, 1.54) is 10.6 Å². The summed E-state index contributed by atoms with van der Waals surface area (Å²) in [5.41, 5.74) is 2.42. The van der Waals surface area contributed by atoms with Gasteiger partial charge < -0.3 is 10.1 Å². The molecule has 27 heavy (non-hydrogen) atoms. The average Bonchev–Trinajstić information content (AvgIpc) is 3.26. The Morgan fingerprint density at radius 1 is 1.33 bits per heavy atom. The van der Waals surface area contributed by atoms with E-state index < -0.39 is 5.60 Å². The highest BCUT2D eigenvalue weighted by molar-refractivity contribution is 7.12. The zero-order valence-corrected chi connectivity index (χ0v) is 16.3. The third kappa shape index (κ3) is 4.45. The number of imidazole rings is 1. The van der Waals surface area contributed by atoms with Crippen molar-refractivity contribution in [3.8, 4) is 23.2 Å². The van der Waals surface area contributed by atoms with Gasteiger partial charge in [-0.15, -0.1) is 11.3 Å². The van der Waals surface area contributed by atoms with Crippen LogP contribution in [0, 0.1) is 11.8 Å². The van der Waals surface area contributed by atoms with Crippen molar-refractivity contribution < 1.29 is 5.11 Å². The van der Waals surface area contributed by atoms with Crippen molar-refractivity contribution in [3.05, 3.63) is 57.8 Å². The summed E-state index contributed by atoms with van der Waals surface area (Å²) in [4.78, 5) is 17.1. The summed E-state index contributed by atoms with van der Waals surface area (Å²) in [6.07, 6.45) is 4.56. The van der Waals surface area contributed by atoms with Crippen molar-refractivity contribution in [3.63, 3.8) is 0 Å². The second-order valence-electron chi connectivity index (χ2n) is 7.29. The minimum absolute atomic E-state index is 0.866. The number of pyridine rings is 1. The Morgan fingerprint density at radius 3 is 3.00 bits per heavy atom. The lowest BCUT2D eigenvalue weighted by Crippen LogP contribution is -2.29. The molecule has 138 valence electrons. The Bertz CT molecular complexity index is 989. The second-order valence-corrected chi connectivity index (χ2v) is 8.46. The van der Waals surface area contributed by atoms with Crippen LogP contribution < -0.4 is 0 Å². The molecule has 4 heterocycles. The van der Waals surface area contributed by atoms with E-state index in [1.54, 1.807) is 31.4 Å². The van der Waals surface area contributed by atoms with Crippen LogP contribution in [-0.2, 0) is 19.5 Å². The lowest BCUT2D eigenvalue weighted by Gasteiger charge is -2.25. The molecule has 3 aromatic heterocycles. The van der Waals surface area contributed by atoms with Crippen molar-refractivity contribution in [2.75, 3.05) is 6.54 Å². The molecule has 0 aliphatic carbocycles.